The summed E-state index contributed by atoms with van der Waals surface area (Å²) >= 11 is 1.94. The zero-order valence-electron chi connectivity index (χ0n) is 14.3. The summed E-state index contributed by atoms with van der Waals surface area (Å²) in [7, 11) is 0. The highest BCUT2D eigenvalue weighted by Gasteiger charge is 2.22. The van der Waals surface area contributed by atoms with Crippen LogP contribution in [0.3, 0.4) is 0 Å². The fourth-order valence-electron chi connectivity index (χ4n) is 3.57. The lowest BCUT2D eigenvalue weighted by molar-refractivity contribution is 0.323. The van der Waals surface area contributed by atoms with Crippen LogP contribution in [0.15, 0.2) is 46.9 Å². The van der Waals surface area contributed by atoms with Gasteiger partial charge in [0.15, 0.2) is 0 Å². The Bertz CT molecular complexity index is 583. The SMILES string of the molecule is C/C=C\C(=C/CC)C1CCN(Sc2ccc3c(c2)CCN3)CC1. The molecule has 0 spiro atoms. The molecule has 3 rings (SSSR count). The first-order chi connectivity index (χ1) is 11.3. The highest BCUT2D eigenvalue weighted by Crippen LogP contribution is 2.34. The van der Waals surface area contributed by atoms with Gasteiger partial charge in [-0.2, -0.15) is 0 Å². The van der Waals surface area contributed by atoms with Gasteiger partial charge in [0.2, 0.25) is 0 Å². The minimum absolute atomic E-state index is 0.743. The van der Waals surface area contributed by atoms with Crippen molar-refractivity contribution in [3.05, 3.63) is 47.6 Å². The van der Waals surface area contributed by atoms with Gasteiger partial charge in [-0.1, -0.05) is 25.2 Å². The number of hydrogen-bond acceptors (Lipinski definition) is 3. The van der Waals surface area contributed by atoms with E-state index in [0.29, 0.717) is 0 Å². The number of anilines is 1. The van der Waals surface area contributed by atoms with Crippen molar-refractivity contribution >= 4 is 17.6 Å². The van der Waals surface area contributed by atoms with Crippen LogP contribution >= 0.6 is 11.9 Å². The van der Waals surface area contributed by atoms with Crippen molar-refractivity contribution in [1.29, 1.82) is 0 Å². The Balaban J connectivity index is 1.56. The monoisotopic (exact) mass is 328 g/mol. The molecule has 0 radical (unpaired) electrons. The Kier molecular flexibility index (Phi) is 5.85. The van der Waals surface area contributed by atoms with E-state index in [1.165, 1.54) is 48.5 Å². The summed E-state index contributed by atoms with van der Waals surface area (Å²) in [6.45, 7) is 7.81. The first-order valence-electron chi connectivity index (χ1n) is 8.92. The summed E-state index contributed by atoms with van der Waals surface area (Å²) in [5, 5.41) is 3.44. The molecule has 2 aliphatic heterocycles. The Labute approximate surface area is 145 Å². The lowest BCUT2D eigenvalue weighted by Crippen LogP contribution is -2.29. The Morgan fingerprint density at radius 2 is 2.17 bits per heavy atom. The van der Waals surface area contributed by atoms with Crippen LogP contribution in [-0.2, 0) is 6.42 Å². The second-order valence-electron chi connectivity index (χ2n) is 6.40. The fraction of sp³-hybridized carbons (Fsp3) is 0.500. The number of benzene rings is 1. The van der Waals surface area contributed by atoms with E-state index in [-0.39, 0.29) is 0 Å². The third-order valence-corrected chi connectivity index (χ3v) is 5.83. The van der Waals surface area contributed by atoms with Gasteiger partial charge in [0.1, 0.15) is 0 Å². The molecule has 2 nitrogen and oxygen atoms in total. The molecule has 0 saturated carbocycles. The van der Waals surface area contributed by atoms with Crippen LogP contribution in [0.25, 0.3) is 0 Å². The Morgan fingerprint density at radius 3 is 2.91 bits per heavy atom. The van der Waals surface area contributed by atoms with Gasteiger partial charge in [-0.15, -0.1) is 0 Å². The standard InChI is InChI=1S/C20H28N2S/c1-3-5-16(6-4-2)17-10-13-22(14-11-17)23-19-7-8-20-18(15-19)9-12-21-20/h3,5-8,15,17,21H,4,9-14H2,1-2H3/b5-3-,16-6+. The van der Waals surface area contributed by atoms with Crippen molar-refractivity contribution in [2.45, 2.75) is 44.4 Å². The molecule has 0 aliphatic carbocycles. The van der Waals surface area contributed by atoms with Crippen LogP contribution in [-0.4, -0.2) is 23.9 Å². The summed E-state index contributed by atoms with van der Waals surface area (Å²) in [5.74, 6) is 0.743. The van der Waals surface area contributed by atoms with Crippen LogP contribution in [0, 0.1) is 5.92 Å². The number of hydrogen-bond donors (Lipinski definition) is 1. The third kappa shape index (κ3) is 4.21. The number of rotatable bonds is 5. The lowest BCUT2D eigenvalue weighted by atomic mass is 9.89. The number of nitrogens with zero attached hydrogens (tertiary/aromatic N) is 1. The van der Waals surface area contributed by atoms with Gasteiger partial charge in [0, 0.05) is 30.2 Å². The molecule has 1 aromatic carbocycles. The molecule has 3 heteroatoms. The van der Waals surface area contributed by atoms with Gasteiger partial charge >= 0.3 is 0 Å². The number of fused-ring (bicyclic) bond motifs is 1. The molecular formula is C20H28N2S. The average molecular weight is 329 g/mol. The quantitative estimate of drug-likeness (QED) is 0.584. The van der Waals surface area contributed by atoms with E-state index in [2.05, 4.69) is 59.9 Å². The minimum atomic E-state index is 0.743. The highest BCUT2D eigenvalue weighted by molar-refractivity contribution is 7.97. The maximum atomic E-state index is 3.44. The van der Waals surface area contributed by atoms with Crippen molar-refractivity contribution < 1.29 is 0 Å². The number of nitrogens with one attached hydrogen (secondary N) is 1. The van der Waals surface area contributed by atoms with Gasteiger partial charge in [-0.05, 0) is 79.8 Å². The zero-order chi connectivity index (χ0) is 16.1. The first-order valence-corrected chi connectivity index (χ1v) is 9.70. The van der Waals surface area contributed by atoms with Crippen LogP contribution in [0.4, 0.5) is 5.69 Å². The molecule has 0 bridgehead atoms. The van der Waals surface area contributed by atoms with E-state index in [1.54, 1.807) is 5.57 Å². The van der Waals surface area contributed by atoms with Crippen molar-refractivity contribution in [1.82, 2.24) is 4.31 Å². The van der Waals surface area contributed by atoms with E-state index >= 15 is 0 Å². The third-order valence-electron chi connectivity index (χ3n) is 4.75. The number of piperidine rings is 1. The molecule has 1 saturated heterocycles. The van der Waals surface area contributed by atoms with E-state index in [4.69, 9.17) is 0 Å². The molecule has 0 unspecified atom stereocenters. The maximum Gasteiger partial charge on any atom is 0.0374 e. The predicted octanol–water partition coefficient (Wildman–Crippen LogP) is 5.29. The second kappa shape index (κ2) is 8.07. The van der Waals surface area contributed by atoms with Gasteiger partial charge in [-0.25, -0.2) is 4.31 Å². The molecule has 23 heavy (non-hydrogen) atoms. The molecule has 1 N–H and O–H groups in total. The van der Waals surface area contributed by atoms with Crippen LogP contribution in [0.5, 0.6) is 0 Å². The smallest absolute Gasteiger partial charge is 0.0374 e. The molecule has 0 amide bonds. The first kappa shape index (κ1) is 16.7. The molecule has 124 valence electrons. The minimum Gasteiger partial charge on any atom is -0.384 e. The second-order valence-corrected chi connectivity index (χ2v) is 7.57. The maximum absolute atomic E-state index is 3.44. The topological polar surface area (TPSA) is 15.3 Å². The Hall–Kier alpha value is -1.19. The summed E-state index contributed by atoms with van der Waals surface area (Å²) in [4.78, 5) is 1.39. The van der Waals surface area contributed by atoms with Crippen LogP contribution in [0.1, 0.15) is 38.7 Å². The van der Waals surface area contributed by atoms with Gasteiger partial charge in [0.05, 0.1) is 0 Å². The molecule has 1 aromatic rings. The highest BCUT2D eigenvalue weighted by atomic mass is 32.2. The lowest BCUT2D eigenvalue weighted by Gasteiger charge is -2.31. The predicted molar refractivity (Wildman–Crippen MR) is 102 cm³/mol. The van der Waals surface area contributed by atoms with Crippen LogP contribution < -0.4 is 5.32 Å². The Morgan fingerprint density at radius 1 is 1.35 bits per heavy atom. The van der Waals surface area contributed by atoms with Gasteiger partial charge in [0.25, 0.3) is 0 Å². The van der Waals surface area contributed by atoms with E-state index < -0.39 is 0 Å². The molecule has 2 heterocycles. The van der Waals surface area contributed by atoms with E-state index in [1.807, 2.05) is 11.9 Å². The van der Waals surface area contributed by atoms with E-state index in [0.717, 1.165) is 18.9 Å². The average Bonchev–Trinajstić information content (AvgIpc) is 3.03. The largest absolute Gasteiger partial charge is 0.384 e. The summed E-state index contributed by atoms with van der Waals surface area (Å²) < 4.78 is 2.54. The summed E-state index contributed by atoms with van der Waals surface area (Å²) in [6.07, 6.45) is 11.7. The summed E-state index contributed by atoms with van der Waals surface area (Å²) in [5.41, 5.74) is 4.35. The molecule has 2 aliphatic rings. The molecule has 0 atom stereocenters. The van der Waals surface area contributed by atoms with Gasteiger partial charge in [-0.3, -0.25) is 0 Å². The number of allylic oxidation sites excluding steroid dienone is 4. The summed E-state index contributed by atoms with van der Waals surface area (Å²) in [6, 6.07) is 6.87. The van der Waals surface area contributed by atoms with Crippen LogP contribution in [0.2, 0.25) is 0 Å². The van der Waals surface area contributed by atoms with Gasteiger partial charge < -0.3 is 5.32 Å². The van der Waals surface area contributed by atoms with Crippen molar-refractivity contribution in [3.63, 3.8) is 0 Å². The van der Waals surface area contributed by atoms with E-state index in [9.17, 15) is 0 Å². The fourth-order valence-corrected chi connectivity index (χ4v) is 4.58. The van der Waals surface area contributed by atoms with Crippen molar-refractivity contribution in [2.24, 2.45) is 5.92 Å². The molecule has 1 fully saturated rings. The normalized spacial score (nSPS) is 20.0. The molecule has 0 aromatic heterocycles. The van der Waals surface area contributed by atoms with Crippen molar-refractivity contribution in [2.75, 3.05) is 25.0 Å². The van der Waals surface area contributed by atoms with Crippen molar-refractivity contribution in [3.8, 4) is 0 Å². The molecular weight excluding hydrogens is 300 g/mol. The zero-order valence-corrected chi connectivity index (χ0v) is 15.2.